The average molecular weight is 333 g/mol. The van der Waals surface area contributed by atoms with Gasteiger partial charge in [0.05, 0.1) is 0 Å². The zero-order valence-electron chi connectivity index (χ0n) is 14.5. The smallest absolute Gasteiger partial charge is 0.226 e. The number of rotatable bonds is 3. The number of amides is 1. The molecule has 0 bridgehead atoms. The fourth-order valence-electron chi connectivity index (χ4n) is 3.01. The Morgan fingerprint density at radius 3 is 2.39 bits per heavy atom. The van der Waals surface area contributed by atoms with Crippen molar-refractivity contribution in [3.63, 3.8) is 0 Å². The van der Waals surface area contributed by atoms with Crippen molar-refractivity contribution in [2.45, 2.75) is 46.5 Å². The van der Waals surface area contributed by atoms with Crippen LogP contribution in [0.4, 0.5) is 0 Å². The van der Waals surface area contributed by atoms with Crippen LogP contribution < -0.4 is 5.32 Å². The number of hydrogen-bond acceptors (Lipinski definition) is 2. The molecule has 1 fully saturated rings. The highest BCUT2D eigenvalue weighted by molar-refractivity contribution is 7.80. The van der Waals surface area contributed by atoms with Crippen LogP contribution in [0.2, 0.25) is 0 Å². The lowest BCUT2D eigenvalue weighted by molar-refractivity contribution is -0.121. The molecule has 0 radical (unpaired) electrons. The quantitative estimate of drug-likeness (QED) is 0.855. The monoisotopic (exact) mass is 332 g/mol. The van der Waals surface area contributed by atoms with Crippen molar-refractivity contribution in [3.05, 3.63) is 35.9 Å². The molecule has 0 atom stereocenters. The molecular weight excluding hydrogens is 304 g/mol. The second-order valence-corrected chi connectivity index (χ2v) is 8.10. The molecule has 1 saturated heterocycles. The SMILES string of the molecule is CC(C)(C)CC(=O)NC(=S)N1CCC(Cc2ccccc2)CC1. The van der Waals surface area contributed by atoms with E-state index in [0.29, 0.717) is 17.5 Å². The Hall–Kier alpha value is -1.42. The van der Waals surface area contributed by atoms with Crippen molar-refractivity contribution in [2.24, 2.45) is 11.3 Å². The maximum absolute atomic E-state index is 12.0. The highest BCUT2D eigenvalue weighted by atomic mass is 32.1. The van der Waals surface area contributed by atoms with Crippen LogP contribution in [0.25, 0.3) is 0 Å². The molecule has 1 heterocycles. The Balaban J connectivity index is 1.75. The molecule has 0 aliphatic carbocycles. The number of likely N-dealkylation sites (tertiary alicyclic amines) is 1. The molecule has 0 saturated carbocycles. The first-order valence-electron chi connectivity index (χ1n) is 8.46. The van der Waals surface area contributed by atoms with Crippen LogP contribution in [0.1, 0.15) is 45.6 Å². The van der Waals surface area contributed by atoms with Gasteiger partial charge >= 0.3 is 0 Å². The van der Waals surface area contributed by atoms with Gasteiger partial charge in [-0.3, -0.25) is 4.79 Å². The molecule has 1 amide bonds. The molecule has 126 valence electrons. The van der Waals surface area contributed by atoms with Crippen molar-refractivity contribution >= 4 is 23.2 Å². The Labute approximate surface area is 145 Å². The maximum Gasteiger partial charge on any atom is 0.226 e. The predicted molar refractivity (Wildman–Crippen MR) is 99.3 cm³/mol. The number of hydrogen-bond donors (Lipinski definition) is 1. The van der Waals surface area contributed by atoms with E-state index in [9.17, 15) is 4.79 Å². The standard InChI is InChI=1S/C19H28N2OS/c1-19(2,3)14-17(22)20-18(23)21-11-9-16(10-12-21)13-15-7-5-4-6-8-15/h4-8,16H,9-14H2,1-3H3,(H,20,22,23). The number of carbonyl (C=O) groups is 1. The van der Waals surface area contributed by atoms with Gasteiger partial charge in [-0.05, 0) is 48.4 Å². The average Bonchev–Trinajstić information content (AvgIpc) is 2.47. The van der Waals surface area contributed by atoms with Gasteiger partial charge < -0.3 is 10.2 Å². The fraction of sp³-hybridized carbons (Fsp3) is 0.579. The highest BCUT2D eigenvalue weighted by Gasteiger charge is 2.23. The summed E-state index contributed by atoms with van der Waals surface area (Å²) in [5.41, 5.74) is 1.40. The molecule has 0 aromatic heterocycles. The summed E-state index contributed by atoms with van der Waals surface area (Å²) in [5, 5.41) is 3.48. The third kappa shape index (κ3) is 6.30. The topological polar surface area (TPSA) is 32.3 Å². The Bertz CT molecular complexity index is 528. The summed E-state index contributed by atoms with van der Waals surface area (Å²) >= 11 is 5.40. The number of thiocarbonyl (C=S) groups is 1. The largest absolute Gasteiger partial charge is 0.349 e. The summed E-state index contributed by atoms with van der Waals surface area (Å²) in [6, 6.07) is 10.7. The van der Waals surface area contributed by atoms with E-state index in [-0.39, 0.29) is 11.3 Å². The van der Waals surface area contributed by atoms with E-state index in [1.54, 1.807) is 0 Å². The minimum Gasteiger partial charge on any atom is -0.349 e. The summed E-state index contributed by atoms with van der Waals surface area (Å²) in [7, 11) is 0. The molecule has 1 aliphatic heterocycles. The summed E-state index contributed by atoms with van der Waals surface area (Å²) in [4.78, 5) is 14.1. The van der Waals surface area contributed by atoms with Crippen LogP contribution in [-0.2, 0) is 11.2 Å². The van der Waals surface area contributed by atoms with Gasteiger partial charge in [0, 0.05) is 19.5 Å². The summed E-state index contributed by atoms with van der Waals surface area (Å²) in [6.07, 6.45) is 3.89. The molecule has 1 aromatic carbocycles. The van der Waals surface area contributed by atoms with Crippen molar-refractivity contribution in [2.75, 3.05) is 13.1 Å². The van der Waals surface area contributed by atoms with Gasteiger partial charge in [0.15, 0.2) is 5.11 Å². The van der Waals surface area contributed by atoms with Crippen molar-refractivity contribution in [1.82, 2.24) is 10.2 Å². The van der Waals surface area contributed by atoms with Gasteiger partial charge in [-0.15, -0.1) is 0 Å². The van der Waals surface area contributed by atoms with E-state index in [1.807, 2.05) is 0 Å². The van der Waals surface area contributed by atoms with E-state index < -0.39 is 0 Å². The summed E-state index contributed by atoms with van der Waals surface area (Å²) in [5.74, 6) is 0.732. The van der Waals surface area contributed by atoms with Crippen LogP contribution in [0.3, 0.4) is 0 Å². The van der Waals surface area contributed by atoms with E-state index in [0.717, 1.165) is 32.4 Å². The van der Waals surface area contributed by atoms with Gasteiger partial charge in [-0.1, -0.05) is 51.1 Å². The van der Waals surface area contributed by atoms with Crippen LogP contribution in [0.15, 0.2) is 30.3 Å². The number of benzene rings is 1. The van der Waals surface area contributed by atoms with Crippen molar-refractivity contribution in [1.29, 1.82) is 0 Å². The van der Waals surface area contributed by atoms with E-state index in [2.05, 4.69) is 61.3 Å². The first-order valence-corrected chi connectivity index (χ1v) is 8.87. The van der Waals surface area contributed by atoms with Crippen molar-refractivity contribution < 1.29 is 4.79 Å². The third-order valence-corrected chi connectivity index (χ3v) is 4.57. The van der Waals surface area contributed by atoms with Crippen LogP contribution in [-0.4, -0.2) is 29.0 Å². The lowest BCUT2D eigenvalue weighted by Crippen LogP contribution is -2.47. The number of piperidine rings is 1. The van der Waals surface area contributed by atoms with Crippen LogP contribution in [0, 0.1) is 11.3 Å². The maximum atomic E-state index is 12.0. The minimum absolute atomic E-state index is 0.0115. The third-order valence-electron chi connectivity index (χ3n) is 4.21. The van der Waals surface area contributed by atoms with Gasteiger partial charge in [0.1, 0.15) is 0 Å². The first kappa shape index (κ1) is 17.9. The molecule has 1 aromatic rings. The second kappa shape index (κ2) is 7.91. The Morgan fingerprint density at radius 2 is 1.83 bits per heavy atom. The molecule has 23 heavy (non-hydrogen) atoms. The molecule has 1 aliphatic rings. The second-order valence-electron chi connectivity index (χ2n) is 7.71. The van der Waals surface area contributed by atoms with Gasteiger partial charge in [-0.2, -0.15) is 0 Å². The number of carbonyl (C=O) groups excluding carboxylic acids is 1. The molecule has 4 heteroatoms. The molecular formula is C19H28N2OS. The number of nitrogens with one attached hydrogen (secondary N) is 1. The Kier molecular flexibility index (Phi) is 6.17. The lowest BCUT2D eigenvalue weighted by atomic mass is 9.90. The lowest BCUT2D eigenvalue weighted by Gasteiger charge is -2.34. The zero-order valence-corrected chi connectivity index (χ0v) is 15.3. The molecule has 0 spiro atoms. The predicted octanol–water partition coefficient (Wildman–Crippen LogP) is 3.78. The molecule has 1 N–H and O–H groups in total. The molecule has 2 rings (SSSR count). The summed E-state index contributed by atoms with van der Waals surface area (Å²) < 4.78 is 0. The van der Waals surface area contributed by atoms with E-state index in [1.165, 1.54) is 5.56 Å². The van der Waals surface area contributed by atoms with E-state index >= 15 is 0 Å². The minimum atomic E-state index is -0.0115. The summed E-state index contributed by atoms with van der Waals surface area (Å²) in [6.45, 7) is 8.05. The zero-order chi connectivity index (χ0) is 16.9. The van der Waals surface area contributed by atoms with Crippen LogP contribution in [0.5, 0.6) is 0 Å². The molecule has 0 unspecified atom stereocenters. The normalized spacial score (nSPS) is 16.2. The highest BCUT2D eigenvalue weighted by Crippen LogP contribution is 2.22. The fourth-order valence-corrected chi connectivity index (χ4v) is 3.31. The van der Waals surface area contributed by atoms with Crippen LogP contribution >= 0.6 is 12.2 Å². The van der Waals surface area contributed by atoms with Gasteiger partial charge in [0.2, 0.25) is 5.91 Å². The van der Waals surface area contributed by atoms with Gasteiger partial charge in [-0.25, -0.2) is 0 Å². The first-order chi connectivity index (χ1) is 10.8. The Morgan fingerprint density at radius 1 is 1.22 bits per heavy atom. The van der Waals surface area contributed by atoms with Crippen molar-refractivity contribution in [3.8, 4) is 0 Å². The number of nitrogens with zero attached hydrogens (tertiary/aromatic N) is 1. The van der Waals surface area contributed by atoms with E-state index in [4.69, 9.17) is 12.2 Å². The molecule has 3 nitrogen and oxygen atoms in total. The van der Waals surface area contributed by atoms with Gasteiger partial charge in [0.25, 0.3) is 0 Å².